The number of carbonyl (C=O) groups is 1. The highest BCUT2D eigenvalue weighted by atomic mass is 35.5. The topological polar surface area (TPSA) is 161 Å². The Kier molecular flexibility index (Phi) is 7.07. The zero-order valence-corrected chi connectivity index (χ0v) is 13.8. The molecule has 1 aromatic carbocycles. The van der Waals surface area contributed by atoms with Crippen molar-refractivity contribution in [1.82, 2.24) is 10.0 Å². The maximum atomic E-state index is 11.8. The Hall–Kier alpha value is -2.46. The van der Waals surface area contributed by atoms with Gasteiger partial charge in [0.2, 0.25) is 5.91 Å². The van der Waals surface area contributed by atoms with Crippen LogP contribution in [0.15, 0.2) is 30.3 Å². The normalized spacial score (nSPS) is 13.0. The van der Waals surface area contributed by atoms with E-state index >= 15 is 0 Å². The van der Waals surface area contributed by atoms with Gasteiger partial charge in [0.25, 0.3) is 0 Å². The van der Waals surface area contributed by atoms with Crippen molar-refractivity contribution in [2.45, 2.75) is 25.1 Å². The minimum Gasteiger partial charge on any atom is -0.508 e. The number of halogens is 1. The number of hydrogen-bond acceptors (Lipinski definition) is 7. The number of aromatic hydroxyl groups is 3. The number of aromatic nitrogens is 1. The number of primary amides is 1. The van der Waals surface area contributed by atoms with Crippen LogP contribution in [0.1, 0.15) is 17.0 Å². The van der Waals surface area contributed by atoms with Crippen LogP contribution >= 0.6 is 12.4 Å². The van der Waals surface area contributed by atoms with E-state index in [-0.39, 0.29) is 36.7 Å². The van der Waals surface area contributed by atoms with Crippen LogP contribution in [0.4, 0.5) is 0 Å². The summed E-state index contributed by atoms with van der Waals surface area (Å²) in [6.45, 7) is -0.348. The Morgan fingerprint density at radius 1 is 1.20 bits per heavy atom. The van der Waals surface area contributed by atoms with E-state index in [1.54, 1.807) is 17.6 Å². The third-order valence-corrected chi connectivity index (χ3v) is 3.67. The Morgan fingerprint density at radius 2 is 1.80 bits per heavy atom. The van der Waals surface area contributed by atoms with Crippen molar-refractivity contribution in [2.24, 2.45) is 5.73 Å². The SMILES string of the molecule is Cl.NC(=O)[C@@H](Cc1ccc(O)cc1)c1cc(O)n(C[C@H](O)NO)c1O. The number of phenolic OH excluding ortho intramolecular Hbond substituents is 1. The molecular weight excluding hydrogens is 354 g/mol. The number of nitrogens with one attached hydrogen (secondary N) is 1. The van der Waals surface area contributed by atoms with Crippen LogP contribution in [-0.2, 0) is 17.8 Å². The average Bonchev–Trinajstić information content (AvgIpc) is 2.81. The zero-order chi connectivity index (χ0) is 17.9. The number of nitrogens with two attached hydrogens (primary N) is 1. The third kappa shape index (κ3) is 4.77. The van der Waals surface area contributed by atoms with Crippen molar-refractivity contribution >= 4 is 18.3 Å². The standard InChI is InChI=1S/C15H19N3O6.ClH/c16-14(22)10(5-8-1-3-9(19)4-2-8)11-6-13(21)18(15(11)23)7-12(20)17-24;/h1-4,6,10,12,17,19-21,23-24H,5,7H2,(H2,16,22);1H/t10-,12-;/m0./s1. The summed E-state index contributed by atoms with van der Waals surface area (Å²) in [7, 11) is 0. The van der Waals surface area contributed by atoms with E-state index < -0.39 is 29.8 Å². The van der Waals surface area contributed by atoms with Crippen molar-refractivity contribution in [3.05, 3.63) is 41.5 Å². The van der Waals surface area contributed by atoms with Crippen LogP contribution in [0.2, 0.25) is 0 Å². The van der Waals surface area contributed by atoms with E-state index in [0.717, 1.165) is 4.57 Å². The molecule has 0 unspecified atom stereocenters. The number of aliphatic hydroxyl groups excluding tert-OH is 1. The van der Waals surface area contributed by atoms with Gasteiger partial charge in [0, 0.05) is 11.6 Å². The Morgan fingerprint density at radius 3 is 2.32 bits per heavy atom. The van der Waals surface area contributed by atoms with Gasteiger partial charge in [0.15, 0.2) is 11.8 Å². The van der Waals surface area contributed by atoms with E-state index in [2.05, 4.69) is 0 Å². The number of rotatable bonds is 7. The second kappa shape index (κ2) is 8.58. The first-order valence-electron chi connectivity index (χ1n) is 7.09. The molecule has 1 amide bonds. The summed E-state index contributed by atoms with van der Waals surface area (Å²) >= 11 is 0. The summed E-state index contributed by atoms with van der Waals surface area (Å²) in [4.78, 5) is 11.8. The lowest BCUT2D eigenvalue weighted by Gasteiger charge is -2.15. The summed E-state index contributed by atoms with van der Waals surface area (Å²) in [5.74, 6) is -2.40. The van der Waals surface area contributed by atoms with Gasteiger partial charge in [0.05, 0.1) is 12.5 Å². The largest absolute Gasteiger partial charge is 0.508 e. The Bertz CT molecular complexity index is 719. The third-order valence-electron chi connectivity index (χ3n) is 3.67. The second-order valence-corrected chi connectivity index (χ2v) is 5.36. The van der Waals surface area contributed by atoms with Gasteiger partial charge in [-0.2, -0.15) is 5.48 Å². The summed E-state index contributed by atoms with van der Waals surface area (Å²) in [6, 6.07) is 7.31. The number of hydroxylamine groups is 1. The molecule has 10 heteroatoms. The summed E-state index contributed by atoms with van der Waals surface area (Å²) in [6.07, 6.45) is -1.28. The minimum atomic E-state index is -1.42. The van der Waals surface area contributed by atoms with Gasteiger partial charge in [0.1, 0.15) is 12.0 Å². The molecule has 0 aliphatic heterocycles. The molecule has 1 aromatic heterocycles. The highest BCUT2D eigenvalue weighted by Gasteiger charge is 2.27. The number of nitrogens with zero attached hydrogens (tertiary/aromatic N) is 1. The van der Waals surface area contributed by atoms with Crippen molar-refractivity contribution in [3.63, 3.8) is 0 Å². The highest BCUT2D eigenvalue weighted by Crippen LogP contribution is 2.35. The average molecular weight is 374 g/mol. The molecule has 0 aliphatic carbocycles. The molecule has 8 N–H and O–H groups in total. The van der Waals surface area contributed by atoms with Crippen molar-refractivity contribution < 1.29 is 30.4 Å². The lowest BCUT2D eigenvalue weighted by atomic mass is 9.93. The van der Waals surface area contributed by atoms with Gasteiger partial charge in [-0.3, -0.25) is 9.36 Å². The molecule has 9 nitrogen and oxygen atoms in total. The lowest BCUT2D eigenvalue weighted by molar-refractivity contribution is -0.119. The molecule has 2 rings (SSSR count). The molecule has 2 atom stereocenters. The molecule has 1 heterocycles. The van der Waals surface area contributed by atoms with Gasteiger partial charge in [-0.1, -0.05) is 12.1 Å². The monoisotopic (exact) mass is 373 g/mol. The molecule has 2 aromatic rings. The lowest BCUT2D eigenvalue weighted by Crippen LogP contribution is -2.30. The van der Waals surface area contributed by atoms with Crippen molar-refractivity contribution in [1.29, 1.82) is 0 Å². The Labute approximate surface area is 149 Å². The van der Waals surface area contributed by atoms with Gasteiger partial charge in [-0.25, -0.2) is 0 Å². The minimum absolute atomic E-state index is 0. The van der Waals surface area contributed by atoms with E-state index in [1.807, 2.05) is 0 Å². The van der Waals surface area contributed by atoms with Crippen LogP contribution in [0, 0.1) is 0 Å². The van der Waals surface area contributed by atoms with E-state index in [9.17, 15) is 25.2 Å². The highest BCUT2D eigenvalue weighted by molar-refractivity contribution is 5.85. The predicted octanol–water partition coefficient (Wildman–Crippen LogP) is 0.135. The van der Waals surface area contributed by atoms with Crippen LogP contribution < -0.4 is 11.2 Å². The van der Waals surface area contributed by atoms with E-state index in [0.29, 0.717) is 5.56 Å². The number of benzene rings is 1. The number of carbonyl (C=O) groups excluding carboxylic acids is 1. The number of aliphatic hydroxyl groups is 1. The number of hydrogen-bond donors (Lipinski definition) is 7. The van der Waals surface area contributed by atoms with Crippen molar-refractivity contribution in [2.75, 3.05) is 0 Å². The molecule has 25 heavy (non-hydrogen) atoms. The predicted molar refractivity (Wildman–Crippen MR) is 89.7 cm³/mol. The molecule has 138 valence electrons. The van der Waals surface area contributed by atoms with Crippen LogP contribution in [0.3, 0.4) is 0 Å². The Balaban J connectivity index is 0.00000312. The first kappa shape index (κ1) is 20.6. The van der Waals surface area contributed by atoms with Gasteiger partial charge in [-0.15, -0.1) is 12.4 Å². The van der Waals surface area contributed by atoms with Crippen LogP contribution in [-0.4, -0.2) is 42.3 Å². The van der Waals surface area contributed by atoms with Gasteiger partial charge >= 0.3 is 0 Å². The molecule has 0 saturated heterocycles. The summed E-state index contributed by atoms with van der Waals surface area (Å²) in [5.41, 5.74) is 7.77. The maximum absolute atomic E-state index is 11.8. The van der Waals surface area contributed by atoms with Crippen LogP contribution in [0.5, 0.6) is 17.5 Å². The summed E-state index contributed by atoms with van der Waals surface area (Å²) in [5, 5.41) is 47.4. The fourth-order valence-corrected chi connectivity index (χ4v) is 2.43. The molecule has 0 bridgehead atoms. The molecule has 0 fully saturated rings. The fourth-order valence-electron chi connectivity index (χ4n) is 2.43. The molecule has 0 aliphatic rings. The molecule has 0 saturated carbocycles. The van der Waals surface area contributed by atoms with Gasteiger partial charge in [-0.05, 0) is 24.1 Å². The van der Waals surface area contributed by atoms with Gasteiger partial charge < -0.3 is 31.4 Å². The molecular formula is C15H20ClN3O6. The van der Waals surface area contributed by atoms with Crippen LogP contribution in [0.25, 0.3) is 0 Å². The second-order valence-electron chi connectivity index (χ2n) is 5.36. The summed E-state index contributed by atoms with van der Waals surface area (Å²) < 4.78 is 0.927. The first-order valence-corrected chi connectivity index (χ1v) is 7.09. The number of amides is 1. The molecule has 0 spiro atoms. The van der Waals surface area contributed by atoms with E-state index in [1.165, 1.54) is 18.2 Å². The zero-order valence-electron chi connectivity index (χ0n) is 13.0. The first-order chi connectivity index (χ1) is 11.3. The van der Waals surface area contributed by atoms with Crippen molar-refractivity contribution in [3.8, 4) is 17.5 Å². The maximum Gasteiger partial charge on any atom is 0.225 e. The van der Waals surface area contributed by atoms with E-state index in [4.69, 9.17) is 10.9 Å². The smallest absolute Gasteiger partial charge is 0.225 e. The quantitative estimate of drug-likeness (QED) is 0.268. The fraction of sp³-hybridized carbons (Fsp3) is 0.267. The molecule has 0 radical (unpaired) electrons. The number of phenols is 1.